The summed E-state index contributed by atoms with van der Waals surface area (Å²) in [5.41, 5.74) is 0. The van der Waals surface area contributed by atoms with E-state index in [1.807, 2.05) is 0 Å². The maximum Gasteiger partial charge on any atom is 0.0834 e. The molecule has 0 amide bonds. The van der Waals surface area contributed by atoms with E-state index in [4.69, 9.17) is 4.74 Å². The fourth-order valence-electron chi connectivity index (χ4n) is 2.88. The van der Waals surface area contributed by atoms with Gasteiger partial charge in [0.2, 0.25) is 0 Å². The minimum Gasteiger partial charge on any atom is -0.390 e. The van der Waals surface area contributed by atoms with Crippen molar-refractivity contribution in [2.24, 2.45) is 5.92 Å². The van der Waals surface area contributed by atoms with Crippen molar-refractivity contribution in [1.82, 2.24) is 0 Å². The molecule has 2 saturated carbocycles. The highest BCUT2D eigenvalue weighted by Gasteiger charge is 2.26. The fraction of sp³-hybridized carbons (Fsp3) is 1.00. The van der Waals surface area contributed by atoms with Crippen molar-refractivity contribution in [3.05, 3.63) is 0 Å². The van der Waals surface area contributed by atoms with Gasteiger partial charge in [0.1, 0.15) is 0 Å². The summed E-state index contributed by atoms with van der Waals surface area (Å²) in [7, 11) is 0. The van der Waals surface area contributed by atoms with Gasteiger partial charge in [0.15, 0.2) is 0 Å². The number of aliphatic hydroxyl groups excluding tert-OH is 1. The van der Waals surface area contributed by atoms with Crippen LogP contribution in [0.15, 0.2) is 0 Å². The molecular weight excluding hydrogens is 224 g/mol. The van der Waals surface area contributed by atoms with Crippen molar-refractivity contribution < 1.29 is 9.84 Å². The summed E-state index contributed by atoms with van der Waals surface area (Å²) in [4.78, 5) is 0. The molecule has 18 heavy (non-hydrogen) atoms. The van der Waals surface area contributed by atoms with Gasteiger partial charge in [-0.25, -0.2) is 0 Å². The molecule has 2 atom stereocenters. The molecule has 0 aromatic heterocycles. The van der Waals surface area contributed by atoms with Crippen LogP contribution >= 0.6 is 0 Å². The number of rotatable bonds is 3. The minimum absolute atomic E-state index is 0.116. The lowest BCUT2D eigenvalue weighted by Crippen LogP contribution is -2.30. The Hall–Kier alpha value is -0.0800. The van der Waals surface area contributed by atoms with Crippen LogP contribution in [-0.4, -0.2) is 23.9 Å². The van der Waals surface area contributed by atoms with E-state index in [0.29, 0.717) is 0 Å². The van der Waals surface area contributed by atoms with Crippen molar-refractivity contribution in [2.75, 3.05) is 6.61 Å². The second-order valence-corrected chi connectivity index (χ2v) is 6.29. The highest BCUT2D eigenvalue weighted by Crippen LogP contribution is 2.30. The Morgan fingerprint density at radius 1 is 0.722 bits per heavy atom. The van der Waals surface area contributed by atoms with Gasteiger partial charge in [0, 0.05) is 6.61 Å². The first-order valence-electron chi connectivity index (χ1n) is 8.16. The third-order valence-electron chi connectivity index (χ3n) is 4.41. The molecule has 1 N–H and O–H groups in total. The molecule has 2 rings (SSSR count). The molecular formula is C16H30O2. The van der Waals surface area contributed by atoms with Gasteiger partial charge in [-0.2, -0.15) is 0 Å². The molecule has 2 heteroatoms. The van der Waals surface area contributed by atoms with Crippen LogP contribution < -0.4 is 0 Å². The molecule has 2 aliphatic carbocycles. The zero-order valence-electron chi connectivity index (χ0n) is 11.8. The molecule has 0 heterocycles. The Labute approximate surface area is 112 Å². The zero-order chi connectivity index (χ0) is 12.6. The third-order valence-corrected chi connectivity index (χ3v) is 4.41. The number of hydrogen-bond acceptors (Lipinski definition) is 2. The van der Waals surface area contributed by atoms with Gasteiger partial charge in [-0.1, -0.05) is 51.4 Å². The molecule has 2 aliphatic rings. The molecule has 0 aromatic rings. The van der Waals surface area contributed by atoms with E-state index in [0.717, 1.165) is 25.4 Å². The van der Waals surface area contributed by atoms with Crippen LogP contribution in [0, 0.1) is 5.92 Å². The predicted molar refractivity (Wildman–Crippen MR) is 74.6 cm³/mol. The van der Waals surface area contributed by atoms with E-state index in [2.05, 4.69) is 0 Å². The third kappa shape index (κ3) is 5.71. The maximum absolute atomic E-state index is 10.3. The van der Waals surface area contributed by atoms with Gasteiger partial charge in [-0.05, 0) is 31.6 Å². The van der Waals surface area contributed by atoms with E-state index in [9.17, 15) is 5.11 Å². The van der Waals surface area contributed by atoms with E-state index in [-0.39, 0.29) is 12.2 Å². The Morgan fingerprint density at radius 3 is 1.89 bits per heavy atom. The molecule has 2 unspecified atom stereocenters. The first-order chi connectivity index (χ1) is 8.86. The summed E-state index contributed by atoms with van der Waals surface area (Å²) in [6, 6.07) is 0. The van der Waals surface area contributed by atoms with E-state index in [1.54, 1.807) is 0 Å². The number of hydrogen-bond donors (Lipinski definition) is 1. The lowest BCUT2D eigenvalue weighted by atomic mass is 9.97. The molecule has 0 radical (unpaired) electrons. The topological polar surface area (TPSA) is 29.5 Å². The smallest absolute Gasteiger partial charge is 0.0834 e. The zero-order valence-corrected chi connectivity index (χ0v) is 11.8. The lowest BCUT2D eigenvalue weighted by molar-refractivity contribution is -0.0500. The summed E-state index contributed by atoms with van der Waals surface area (Å²) in [5.74, 6) is 0.804. The molecule has 0 bridgehead atoms. The van der Waals surface area contributed by atoms with Gasteiger partial charge in [0.05, 0.1) is 12.2 Å². The van der Waals surface area contributed by atoms with Crippen LogP contribution in [0.5, 0.6) is 0 Å². The highest BCUT2D eigenvalue weighted by molar-refractivity contribution is 4.76. The number of ether oxygens (including phenoxy) is 1. The molecule has 2 nitrogen and oxygen atoms in total. The van der Waals surface area contributed by atoms with Crippen LogP contribution in [0.3, 0.4) is 0 Å². The molecule has 0 aliphatic heterocycles. The van der Waals surface area contributed by atoms with Gasteiger partial charge in [-0.15, -0.1) is 0 Å². The van der Waals surface area contributed by atoms with Crippen LogP contribution in [-0.2, 0) is 4.74 Å². The Bertz CT molecular complexity index is 213. The second kappa shape index (κ2) is 8.16. The van der Waals surface area contributed by atoms with Gasteiger partial charge in [-0.3, -0.25) is 0 Å². The molecule has 2 fully saturated rings. The predicted octanol–water partition coefficient (Wildman–Crippen LogP) is 4.06. The minimum atomic E-state index is -0.219. The second-order valence-electron chi connectivity index (χ2n) is 6.29. The van der Waals surface area contributed by atoms with E-state index in [1.165, 1.54) is 64.2 Å². The number of aliphatic hydroxyl groups is 1. The average molecular weight is 254 g/mol. The monoisotopic (exact) mass is 254 g/mol. The van der Waals surface area contributed by atoms with Crippen molar-refractivity contribution in [1.29, 1.82) is 0 Å². The molecule has 0 spiro atoms. The van der Waals surface area contributed by atoms with E-state index < -0.39 is 0 Å². The van der Waals surface area contributed by atoms with Crippen molar-refractivity contribution >= 4 is 0 Å². The SMILES string of the molecule is OC1CCCCCCCCCCC1OCC1CC1. The van der Waals surface area contributed by atoms with E-state index >= 15 is 0 Å². The first kappa shape index (κ1) is 14.3. The van der Waals surface area contributed by atoms with Crippen molar-refractivity contribution in [2.45, 2.75) is 89.3 Å². The molecule has 106 valence electrons. The molecule has 0 saturated heterocycles. The standard InChI is InChI=1S/C16H30O2/c17-15-9-7-5-3-1-2-4-6-8-10-16(15)18-13-14-11-12-14/h14-17H,1-13H2. The van der Waals surface area contributed by atoms with Gasteiger partial charge in [0.25, 0.3) is 0 Å². The van der Waals surface area contributed by atoms with Crippen LogP contribution in [0.2, 0.25) is 0 Å². The van der Waals surface area contributed by atoms with Gasteiger partial charge >= 0.3 is 0 Å². The summed E-state index contributed by atoms with van der Waals surface area (Å²) in [5, 5.41) is 10.3. The Morgan fingerprint density at radius 2 is 1.28 bits per heavy atom. The summed E-state index contributed by atoms with van der Waals surface area (Å²) in [6.07, 6.45) is 15.1. The maximum atomic E-state index is 10.3. The summed E-state index contributed by atoms with van der Waals surface area (Å²) >= 11 is 0. The average Bonchev–Trinajstić information content (AvgIpc) is 3.17. The fourth-order valence-corrected chi connectivity index (χ4v) is 2.88. The summed E-state index contributed by atoms with van der Waals surface area (Å²) in [6.45, 7) is 0.891. The highest BCUT2D eigenvalue weighted by atomic mass is 16.5. The van der Waals surface area contributed by atoms with Crippen LogP contribution in [0.25, 0.3) is 0 Å². The van der Waals surface area contributed by atoms with Crippen LogP contribution in [0.1, 0.15) is 77.0 Å². The van der Waals surface area contributed by atoms with Crippen molar-refractivity contribution in [3.63, 3.8) is 0 Å². The Kier molecular flexibility index (Phi) is 6.50. The Balaban J connectivity index is 1.73. The van der Waals surface area contributed by atoms with Crippen molar-refractivity contribution in [3.8, 4) is 0 Å². The normalized spacial score (nSPS) is 32.5. The first-order valence-corrected chi connectivity index (χ1v) is 8.16. The van der Waals surface area contributed by atoms with Gasteiger partial charge < -0.3 is 9.84 Å². The van der Waals surface area contributed by atoms with Crippen LogP contribution in [0.4, 0.5) is 0 Å². The molecule has 0 aromatic carbocycles. The lowest BCUT2D eigenvalue weighted by Gasteiger charge is -2.24. The summed E-state index contributed by atoms with van der Waals surface area (Å²) < 4.78 is 5.97. The quantitative estimate of drug-likeness (QED) is 0.823. The largest absolute Gasteiger partial charge is 0.390 e.